The molecule has 0 fully saturated rings. The summed E-state index contributed by atoms with van der Waals surface area (Å²) >= 11 is 12.4. The second kappa shape index (κ2) is 4.98. The van der Waals surface area contributed by atoms with Gasteiger partial charge in [-0.2, -0.15) is 0 Å². The van der Waals surface area contributed by atoms with Gasteiger partial charge in [0.05, 0.1) is 10.0 Å². The number of aliphatic hydroxyl groups is 1. The first-order valence-corrected chi connectivity index (χ1v) is 7.98. The van der Waals surface area contributed by atoms with Gasteiger partial charge in [-0.3, -0.25) is 4.99 Å². The Morgan fingerprint density at radius 3 is 2.59 bits per heavy atom. The van der Waals surface area contributed by atoms with Crippen molar-refractivity contribution >= 4 is 29.0 Å². The van der Waals surface area contributed by atoms with E-state index in [1.54, 1.807) is 12.1 Å². The van der Waals surface area contributed by atoms with Crippen LogP contribution in [-0.2, 0) is 5.72 Å². The highest BCUT2D eigenvalue weighted by molar-refractivity contribution is 6.42. The number of aliphatic imine (C=N–C) groups is 1. The first-order valence-electron chi connectivity index (χ1n) is 7.22. The second-order valence-corrected chi connectivity index (χ2v) is 6.38. The number of benzene rings is 2. The topological polar surface area (TPSA) is 35.8 Å². The summed E-state index contributed by atoms with van der Waals surface area (Å²) in [5.74, 6) is 0.797. The highest BCUT2D eigenvalue weighted by atomic mass is 35.5. The van der Waals surface area contributed by atoms with Gasteiger partial charge in [0.2, 0.25) is 0 Å². The van der Waals surface area contributed by atoms with E-state index in [9.17, 15) is 5.11 Å². The monoisotopic (exact) mass is 332 g/mol. The number of hydrogen-bond acceptors (Lipinski definition) is 3. The van der Waals surface area contributed by atoms with Crippen LogP contribution < -0.4 is 0 Å². The molecule has 0 aromatic heterocycles. The molecule has 5 heteroatoms. The Kier molecular flexibility index (Phi) is 3.19. The van der Waals surface area contributed by atoms with Gasteiger partial charge in [0, 0.05) is 29.8 Å². The van der Waals surface area contributed by atoms with E-state index in [-0.39, 0.29) is 0 Å². The number of nitrogens with zero attached hydrogens (tertiary/aromatic N) is 2. The van der Waals surface area contributed by atoms with Crippen LogP contribution >= 0.6 is 23.2 Å². The Hall–Kier alpha value is -1.55. The predicted molar refractivity (Wildman–Crippen MR) is 88.6 cm³/mol. The van der Waals surface area contributed by atoms with Gasteiger partial charge in [0.15, 0.2) is 5.72 Å². The van der Waals surface area contributed by atoms with Gasteiger partial charge in [-0.1, -0.05) is 53.5 Å². The number of fused-ring (bicyclic) bond motifs is 3. The van der Waals surface area contributed by atoms with Crippen LogP contribution in [0.4, 0.5) is 0 Å². The molecule has 0 saturated carbocycles. The summed E-state index contributed by atoms with van der Waals surface area (Å²) in [5.41, 5.74) is 1.17. The van der Waals surface area contributed by atoms with E-state index in [1.807, 2.05) is 35.2 Å². The summed E-state index contributed by atoms with van der Waals surface area (Å²) < 4.78 is 0. The molecule has 0 amide bonds. The molecule has 3 nitrogen and oxygen atoms in total. The summed E-state index contributed by atoms with van der Waals surface area (Å²) in [6.45, 7) is 1.50. The molecule has 112 valence electrons. The zero-order valence-corrected chi connectivity index (χ0v) is 13.3. The van der Waals surface area contributed by atoms with E-state index in [0.29, 0.717) is 10.0 Å². The van der Waals surface area contributed by atoms with E-state index >= 15 is 0 Å². The predicted octanol–water partition coefficient (Wildman–Crippen LogP) is 3.65. The second-order valence-electron chi connectivity index (χ2n) is 5.56. The zero-order valence-electron chi connectivity index (χ0n) is 11.8. The maximum atomic E-state index is 11.6. The molecule has 4 rings (SSSR count). The van der Waals surface area contributed by atoms with Crippen molar-refractivity contribution in [2.45, 2.75) is 12.1 Å². The largest absolute Gasteiger partial charge is 0.363 e. The molecule has 0 bridgehead atoms. The molecular formula is C17H14Cl2N2O. The molecule has 1 N–H and O–H groups in total. The SMILES string of the molecule is OC1(c2ccccc2)c2cc(Cl)c(Cl)cc2C2=NCCCN21. The van der Waals surface area contributed by atoms with Crippen LogP contribution in [0.3, 0.4) is 0 Å². The van der Waals surface area contributed by atoms with Crippen LogP contribution in [0.2, 0.25) is 10.0 Å². The average Bonchev–Trinajstić information content (AvgIpc) is 2.80. The highest BCUT2D eigenvalue weighted by Crippen LogP contribution is 2.45. The Morgan fingerprint density at radius 1 is 1.09 bits per heavy atom. The fourth-order valence-corrected chi connectivity index (χ4v) is 3.63. The van der Waals surface area contributed by atoms with Crippen molar-refractivity contribution in [2.24, 2.45) is 4.99 Å². The van der Waals surface area contributed by atoms with Crippen molar-refractivity contribution in [3.05, 3.63) is 69.2 Å². The molecule has 0 saturated heterocycles. The lowest BCUT2D eigenvalue weighted by Gasteiger charge is -2.37. The van der Waals surface area contributed by atoms with Gasteiger partial charge in [-0.25, -0.2) is 0 Å². The molecule has 2 aliphatic heterocycles. The van der Waals surface area contributed by atoms with Gasteiger partial charge >= 0.3 is 0 Å². The van der Waals surface area contributed by atoms with Gasteiger partial charge in [0.25, 0.3) is 0 Å². The minimum absolute atomic E-state index is 0.440. The zero-order chi connectivity index (χ0) is 15.3. The maximum absolute atomic E-state index is 11.6. The summed E-state index contributed by atoms with van der Waals surface area (Å²) in [5, 5.41) is 12.5. The van der Waals surface area contributed by atoms with E-state index in [0.717, 1.165) is 42.0 Å². The minimum Gasteiger partial charge on any atom is -0.363 e. The van der Waals surface area contributed by atoms with Crippen molar-refractivity contribution in [1.82, 2.24) is 4.90 Å². The van der Waals surface area contributed by atoms with Crippen LogP contribution in [0, 0.1) is 0 Å². The van der Waals surface area contributed by atoms with Crippen molar-refractivity contribution in [2.75, 3.05) is 13.1 Å². The molecule has 2 heterocycles. The lowest BCUT2D eigenvalue weighted by atomic mass is 9.94. The van der Waals surface area contributed by atoms with Crippen LogP contribution in [0.1, 0.15) is 23.1 Å². The third-order valence-corrected chi connectivity index (χ3v) is 5.02. The third kappa shape index (κ3) is 1.83. The third-order valence-electron chi connectivity index (χ3n) is 4.30. The first kappa shape index (κ1) is 14.1. The quantitative estimate of drug-likeness (QED) is 0.865. The number of amidine groups is 1. The Bertz CT molecular complexity index is 776. The van der Waals surface area contributed by atoms with Crippen molar-refractivity contribution in [3.63, 3.8) is 0 Å². The lowest BCUT2D eigenvalue weighted by molar-refractivity contribution is -0.0317. The van der Waals surface area contributed by atoms with Gasteiger partial charge < -0.3 is 10.0 Å². The average molecular weight is 333 g/mol. The van der Waals surface area contributed by atoms with Crippen molar-refractivity contribution in [1.29, 1.82) is 0 Å². The van der Waals surface area contributed by atoms with Gasteiger partial charge in [-0.15, -0.1) is 0 Å². The molecule has 22 heavy (non-hydrogen) atoms. The number of halogens is 2. The van der Waals surface area contributed by atoms with Crippen molar-refractivity contribution in [3.8, 4) is 0 Å². The normalized spacial score (nSPS) is 23.0. The van der Waals surface area contributed by atoms with Gasteiger partial charge in [0.1, 0.15) is 5.84 Å². The minimum atomic E-state index is -1.25. The molecule has 1 unspecified atom stereocenters. The Balaban J connectivity index is 2.02. The van der Waals surface area contributed by atoms with Crippen LogP contribution in [0.5, 0.6) is 0 Å². The fraction of sp³-hybridized carbons (Fsp3) is 0.235. The molecule has 2 aromatic carbocycles. The van der Waals surface area contributed by atoms with Gasteiger partial charge in [-0.05, 0) is 18.6 Å². The Morgan fingerprint density at radius 2 is 1.82 bits per heavy atom. The smallest absolute Gasteiger partial charge is 0.193 e. The molecule has 1 atom stereocenters. The molecule has 0 aliphatic carbocycles. The number of hydrogen-bond donors (Lipinski definition) is 1. The molecule has 2 aromatic rings. The molecule has 0 radical (unpaired) electrons. The maximum Gasteiger partial charge on any atom is 0.193 e. The van der Waals surface area contributed by atoms with E-state index in [1.165, 1.54) is 0 Å². The fourth-order valence-electron chi connectivity index (χ4n) is 3.30. The standard InChI is InChI=1S/C17H14Cl2N2O/c18-14-9-12-13(10-15(14)19)17(22,11-5-2-1-3-6-11)21-8-4-7-20-16(12)21/h1-3,5-6,9-10,22H,4,7-8H2. The molecule has 2 aliphatic rings. The van der Waals surface area contributed by atoms with Crippen LogP contribution in [-0.4, -0.2) is 28.9 Å². The molecule has 0 spiro atoms. The van der Waals surface area contributed by atoms with E-state index in [4.69, 9.17) is 23.2 Å². The number of rotatable bonds is 1. The van der Waals surface area contributed by atoms with Crippen LogP contribution in [0.25, 0.3) is 0 Å². The molecular weight excluding hydrogens is 319 g/mol. The van der Waals surface area contributed by atoms with E-state index in [2.05, 4.69) is 4.99 Å². The highest BCUT2D eigenvalue weighted by Gasteiger charge is 2.49. The van der Waals surface area contributed by atoms with E-state index < -0.39 is 5.72 Å². The summed E-state index contributed by atoms with van der Waals surface area (Å²) in [4.78, 5) is 6.55. The summed E-state index contributed by atoms with van der Waals surface area (Å²) in [6.07, 6.45) is 0.911. The Labute approximate surface area is 138 Å². The van der Waals surface area contributed by atoms with Crippen LogP contribution in [0.15, 0.2) is 47.5 Å². The summed E-state index contributed by atoms with van der Waals surface area (Å²) in [6, 6.07) is 13.2. The summed E-state index contributed by atoms with van der Waals surface area (Å²) in [7, 11) is 0. The first-order chi connectivity index (χ1) is 10.6. The van der Waals surface area contributed by atoms with Crippen molar-refractivity contribution < 1.29 is 5.11 Å². The lowest BCUT2D eigenvalue weighted by Crippen LogP contribution is -2.47.